The van der Waals surface area contributed by atoms with E-state index in [9.17, 15) is 23.2 Å². The van der Waals surface area contributed by atoms with E-state index in [1.165, 1.54) is 0 Å². The summed E-state index contributed by atoms with van der Waals surface area (Å²) in [6.07, 6.45) is 1.54. The summed E-state index contributed by atoms with van der Waals surface area (Å²) >= 11 is 0. The highest BCUT2D eigenvalue weighted by Crippen LogP contribution is 2.15. The zero-order valence-electron chi connectivity index (χ0n) is 10.7. The molecule has 1 saturated heterocycles. The molecule has 0 spiro atoms. The third-order valence-electron chi connectivity index (χ3n) is 3.16. The Kier molecular flexibility index (Phi) is 4.22. The molecule has 2 amide bonds. The van der Waals surface area contributed by atoms with E-state index in [0.717, 1.165) is 23.1 Å². The predicted molar refractivity (Wildman–Crippen MR) is 65.9 cm³/mol. The highest BCUT2D eigenvalue weighted by molar-refractivity contribution is 6.05. The summed E-state index contributed by atoms with van der Waals surface area (Å²) in [5, 5.41) is 0. The molecule has 0 bridgehead atoms. The van der Waals surface area contributed by atoms with E-state index in [1.54, 1.807) is 0 Å². The van der Waals surface area contributed by atoms with Crippen LogP contribution in [-0.4, -0.2) is 29.0 Å². The first-order valence-corrected chi connectivity index (χ1v) is 6.30. The minimum absolute atomic E-state index is 0.185. The summed E-state index contributed by atoms with van der Waals surface area (Å²) in [5.74, 6) is -3.30. The molecule has 1 aromatic rings. The van der Waals surface area contributed by atoms with Crippen LogP contribution < -0.4 is 0 Å². The van der Waals surface area contributed by atoms with Crippen LogP contribution in [0.3, 0.4) is 0 Å². The Balaban J connectivity index is 2.19. The maximum absolute atomic E-state index is 13.5. The average Bonchev–Trinajstić information content (AvgIpc) is 2.56. The van der Waals surface area contributed by atoms with Crippen LogP contribution in [0.15, 0.2) is 18.2 Å². The third-order valence-corrected chi connectivity index (χ3v) is 3.16. The fourth-order valence-electron chi connectivity index (χ4n) is 2.08. The molecule has 4 nitrogen and oxygen atoms in total. The standard InChI is InChI=1S/C14H13F2NO3/c15-9-5-6-11(16)10(7-9)12(18)8-17-13(19)3-1-2-4-14(17)20/h5-7H,1-4,8H2. The van der Waals surface area contributed by atoms with Gasteiger partial charge in [-0.3, -0.25) is 19.3 Å². The molecule has 1 aromatic carbocycles. The molecule has 1 aliphatic heterocycles. The van der Waals surface area contributed by atoms with E-state index in [2.05, 4.69) is 0 Å². The van der Waals surface area contributed by atoms with Gasteiger partial charge in [-0.2, -0.15) is 0 Å². The largest absolute Gasteiger partial charge is 0.292 e. The van der Waals surface area contributed by atoms with Crippen LogP contribution in [0.2, 0.25) is 0 Å². The number of imide groups is 1. The minimum Gasteiger partial charge on any atom is -0.292 e. The Labute approximate surface area is 114 Å². The number of halogens is 2. The van der Waals surface area contributed by atoms with E-state index < -0.39 is 41.3 Å². The smallest absolute Gasteiger partial charge is 0.229 e. The zero-order valence-corrected chi connectivity index (χ0v) is 10.7. The van der Waals surface area contributed by atoms with Crippen LogP contribution in [0.1, 0.15) is 36.0 Å². The summed E-state index contributed by atoms with van der Waals surface area (Å²) in [6.45, 7) is -0.544. The highest BCUT2D eigenvalue weighted by atomic mass is 19.1. The number of carbonyl (C=O) groups excluding carboxylic acids is 3. The fraction of sp³-hybridized carbons (Fsp3) is 0.357. The first-order valence-electron chi connectivity index (χ1n) is 6.30. The second-order valence-electron chi connectivity index (χ2n) is 4.63. The van der Waals surface area contributed by atoms with Crippen molar-refractivity contribution in [2.75, 3.05) is 6.54 Å². The fourth-order valence-corrected chi connectivity index (χ4v) is 2.08. The van der Waals surface area contributed by atoms with Gasteiger partial charge < -0.3 is 0 Å². The van der Waals surface area contributed by atoms with Crippen LogP contribution in [-0.2, 0) is 9.59 Å². The van der Waals surface area contributed by atoms with Crippen LogP contribution >= 0.6 is 0 Å². The SMILES string of the molecule is O=C(CN1C(=O)CCCCC1=O)c1cc(F)ccc1F. The number of hydrogen-bond donors (Lipinski definition) is 0. The number of hydrogen-bond acceptors (Lipinski definition) is 3. The maximum Gasteiger partial charge on any atom is 0.229 e. The first-order chi connectivity index (χ1) is 9.49. The van der Waals surface area contributed by atoms with Crippen molar-refractivity contribution in [1.29, 1.82) is 0 Å². The van der Waals surface area contributed by atoms with Crippen molar-refractivity contribution in [3.05, 3.63) is 35.4 Å². The second-order valence-corrected chi connectivity index (χ2v) is 4.63. The van der Waals surface area contributed by atoms with Gasteiger partial charge in [-0.1, -0.05) is 0 Å². The molecule has 6 heteroatoms. The van der Waals surface area contributed by atoms with Gasteiger partial charge in [-0.05, 0) is 31.0 Å². The van der Waals surface area contributed by atoms with Gasteiger partial charge in [0.2, 0.25) is 11.8 Å². The van der Waals surface area contributed by atoms with Crippen molar-refractivity contribution < 1.29 is 23.2 Å². The summed E-state index contributed by atoms with van der Waals surface area (Å²) < 4.78 is 26.5. The van der Waals surface area contributed by atoms with Gasteiger partial charge in [0.1, 0.15) is 11.6 Å². The van der Waals surface area contributed by atoms with Gasteiger partial charge in [0.25, 0.3) is 0 Å². The highest BCUT2D eigenvalue weighted by Gasteiger charge is 2.27. The number of carbonyl (C=O) groups is 3. The Hall–Kier alpha value is -2.11. The number of rotatable bonds is 3. The lowest BCUT2D eigenvalue weighted by molar-refractivity contribution is -0.143. The molecular formula is C14H13F2NO3. The van der Waals surface area contributed by atoms with Gasteiger partial charge in [-0.15, -0.1) is 0 Å². The van der Waals surface area contributed by atoms with Crippen molar-refractivity contribution in [1.82, 2.24) is 4.90 Å². The Morgan fingerprint density at radius 1 is 1.10 bits per heavy atom. The number of benzene rings is 1. The average molecular weight is 281 g/mol. The van der Waals surface area contributed by atoms with E-state index in [1.807, 2.05) is 0 Å². The molecule has 0 N–H and O–H groups in total. The molecule has 1 aliphatic rings. The number of nitrogens with zero attached hydrogens (tertiary/aromatic N) is 1. The quantitative estimate of drug-likeness (QED) is 0.629. The van der Waals surface area contributed by atoms with Gasteiger partial charge in [0.05, 0.1) is 12.1 Å². The maximum atomic E-state index is 13.5. The molecule has 0 unspecified atom stereocenters. The summed E-state index contributed by atoms with van der Waals surface area (Å²) in [6, 6.07) is 2.51. The van der Waals surface area contributed by atoms with Crippen molar-refractivity contribution in [2.45, 2.75) is 25.7 Å². The second kappa shape index (κ2) is 5.90. The van der Waals surface area contributed by atoms with E-state index in [0.29, 0.717) is 12.8 Å². The lowest BCUT2D eigenvalue weighted by Gasteiger charge is -2.17. The first kappa shape index (κ1) is 14.3. The zero-order chi connectivity index (χ0) is 14.7. The molecule has 2 rings (SSSR count). The Morgan fingerprint density at radius 2 is 1.70 bits per heavy atom. The van der Waals surface area contributed by atoms with Crippen LogP contribution in [0.5, 0.6) is 0 Å². The van der Waals surface area contributed by atoms with Gasteiger partial charge in [0.15, 0.2) is 5.78 Å². The van der Waals surface area contributed by atoms with Gasteiger partial charge in [0, 0.05) is 12.8 Å². The third kappa shape index (κ3) is 3.07. The van der Waals surface area contributed by atoms with Crippen LogP contribution in [0.25, 0.3) is 0 Å². The number of amides is 2. The molecule has 0 atom stereocenters. The van der Waals surface area contributed by atoms with Crippen molar-refractivity contribution in [3.8, 4) is 0 Å². The lowest BCUT2D eigenvalue weighted by Crippen LogP contribution is -2.39. The molecule has 20 heavy (non-hydrogen) atoms. The van der Waals surface area contributed by atoms with Crippen molar-refractivity contribution >= 4 is 17.6 Å². The van der Waals surface area contributed by atoms with Crippen molar-refractivity contribution in [3.63, 3.8) is 0 Å². The molecule has 0 saturated carbocycles. The van der Waals surface area contributed by atoms with E-state index in [4.69, 9.17) is 0 Å². The lowest BCUT2D eigenvalue weighted by atomic mass is 10.1. The molecule has 1 heterocycles. The number of likely N-dealkylation sites (tertiary alicyclic amines) is 1. The Morgan fingerprint density at radius 3 is 2.30 bits per heavy atom. The van der Waals surface area contributed by atoms with E-state index >= 15 is 0 Å². The summed E-state index contributed by atoms with van der Waals surface area (Å²) in [7, 11) is 0. The van der Waals surface area contributed by atoms with E-state index in [-0.39, 0.29) is 12.8 Å². The van der Waals surface area contributed by atoms with Crippen LogP contribution in [0.4, 0.5) is 8.78 Å². The molecule has 0 aromatic heterocycles. The molecule has 1 fully saturated rings. The minimum atomic E-state index is -0.869. The van der Waals surface area contributed by atoms with Crippen molar-refractivity contribution in [2.24, 2.45) is 0 Å². The molecule has 106 valence electrons. The normalized spacial score (nSPS) is 16.2. The molecule has 0 radical (unpaired) electrons. The van der Waals surface area contributed by atoms with Crippen LogP contribution in [0, 0.1) is 11.6 Å². The summed E-state index contributed by atoms with van der Waals surface area (Å²) in [5.41, 5.74) is -0.449. The summed E-state index contributed by atoms with van der Waals surface area (Å²) in [4.78, 5) is 36.2. The monoisotopic (exact) mass is 281 g/mol. The topological polar surface area (TPSA) is 54.5 Å². The molecular weight excluding hydrogens is 268 g/mol. The predicted octanol–water partition coefficient (Wildman–Crippen LogP) is 2.08. The van der Waals surface area contributed by atoms with Gasteiger partial charge >= 0.3 is 0 Å². The van der Waals surface area contributed by atoms with Gasteiger partial charge in [-0.25, -0.2) is 8.78 Å². The Bertz CT molecular complexity index is 554. The molecule has 0 aliphatic carbocycles. The number of ketones is 1. The number of Topliss-reactive ketones (excluding diaryl/α,β-unsaturated/α-hetero) is 1.